The Hall–Kier alpha value is -1.39. The molecule has 1 atom stereocenters. The van der Waals surface area contributed by atoms with Crippen LogP contribution in [0.2, 0.25) is 5.02 Å². The molecule has 0 bridgehead atoms. The summed E-state index contributed by atoms with van der Waals surface area (Å²) in [6, 6.07) is 6.16. The second-order valence-corrected chi connectivity index (χ2v) is 6.61. The zero-order valence-corrected chi connectivity index (χ0v) is 15.4. The van der Waals surface area contributed by atoms with Crippen LogP contribution in [0, 0.1) is 6.92 Å². The van der Waals surface area contributed by atoms with E-state index in [0.29, 0.717) is 11.1 Å². The van der Waals surface area contributed by atoms with Crippen LogP contribution in [0.5, 0.6) is 0 Å². The van der Waals surface area contributed by atoms with Crippen molar-refractivity contribution >= 4 is 28.3 Å². The van der Waals surface area contributed by atoms with Gasteiger partial charge in [-0.1, -0.05) is 11.6 Å². The molecule has 0 aliphatic heterocycles. The third kappa shape index (κ3) is 5.05. The van der Waals surface area contributed by atoms with Gasteiger partial charge >= 0.3 is 0 Å². The Morgan fingerprint density at radius 1 is 1.22 bits per heavy atom. The van der Waals surface area contributed by atoms with Gasteiger partial charge in [0, 0.05) is 16.5 Å². The largest absolute Gasteiger partial charge is 0.367 e. The zero-order chi connectivity index (χ0) is 16.8. The Morgan fingerprint density at radius 3 is 2.65 bits per heavy atom. The molecule has 0 saturated carbocycles. The first-order chi connectivity index (χ1) is 11.0. The van der Waals surface area contributed by atoms with E-state index in [4.69, 9.17) is 11.6 Å². The molecule has 126 valence electrons. The van der Waals surface area contributed by atoms with E-state index in [2.05, 4.69) is 36.1 Å². The monoisotopic (exact) mass is 335 g/mol. The number of aryl methyl sites for hydroxylation is 1. The summed E-state index contributed by atoms with van der Waals surface area (Å²) in [5, 5.41) is 5.29. The first-order valence-corrected chi connectivity index (χ1v) is 8.95. The lowest BCUT2D eigenvalue weighted by atomic mass is 10.1. The molecule has 0 aliphatic carbocycles. The van der Waals surface area contributed by atoms with Crippen molar-refractivity contribution in [3.8, 4) is 0 Å². The van der Waals surface area contributed by atoms with Crippen molar-refractivity contribution in [1.82, 2.24) is 9.97 Å². The lowest BCUT2D eigenvalue weighted by Gasteiger charge is -2.19. The highest BCUT2D eigenvalue weighted by Crippen LogP contribution is 2.24. The second-order valence-electron chi connectivity index (χ2n) is 6.18. The molecule has 0 unspecified atom stereocenters. The van der Waals surface area contributed by atoms with E-state index < -0.39 is 0 Å². The summed E-state index contributed by atoms with van der Waals surface area (Å²) >= 11 is 6.07. The molecule has 0 aliphatic rings. The minimum Gasteiger partial charge on any atom is -0.367 e. The molecular weight excluding hydrogens is 308 g/mol. The van der Waals surface area contributed by atoms with Crippen molar-refractivity contribution in [3.63, 3.8) is 0 Å². The summed E-state index contributed by atoms with van der Waals surface area (Å²) in [4.78, 5) is 10.7. The third-order valence-electron chi connectivity index (χ3n) is 4.32. The number of anilines is 1. The van der Waals surface area contributed by atoms with E-state index >= 15 is 0 Å². The molecule has 4 nitrogen and oxygen atoms in total. The van der Waals surface area contributed by atoms with Crippen LogP contribution >= 0.6 is 11.6 Å². The van der Waals surface area contributed by atoms with Crippen molar-refractivity contribution in [3.05, 3.63) is 29.0 Å². The molecule has 0 amide bonds. The number of rotatable bonds is 8. The highest BCUT2D eigenvalue weighted by atomic mass is 35.5. The van der Waals surface area contributed by atoms with Crippen LogP contribution in [0.3, 0.4) is 0 Å². The Bertz CT molecular complexity index is 635. The molecule has 2 aromatic rings. The van der Waals surface area contributed by atoms with Gasteiger partial charge in [-0.2, -0.15) is 0 Å². The lowest BCUT2D eigenvalue weighted by Crippen LogP contribution is -3.11. The third-order valence-corrected chi connectivity index (χ3v) is 4.56. The molecule has 2 rings (SSSR count). The molecule has 5 heteroatoms. The van der Waals surface area contributed by atoms with Gasteiger partial charge in [-0.05, 0) is 58.7 Å². The van der Waals surface area contributed by atoms with E-state index in [9.17, 15) is 0 Å². The van der Waals surface area contributed by atoms with E-state index in [-0.39, 0.29) is 0 Å². The van der Waals surface area contributed by atoms with Gasteiger partial charge in [0.15, 0.2) is 0 Å². The molecule has 0 radical (unpaired) electrons. The van der Waals surface area contributed by atoms with Crippen LogP contribution in [0.4, 0.5) is 5.82 Å². The van der Waals surface area contributed by atoms with Gasteiger partial charge in [-0.3, -0.25) is 0 Å². The van der Waals surface area contributed by atoms with Crippen molar-refractivity contribution in [2.45, 2.75) is 46.6 Å². The molecule has 1 aromatic carbocycles. The number of quaternary nitrogens is 1. The SMILES string of the molecule is CC[NH+](CC)CCC[C@H](C)Nc1nc(C)nc2cc(Cl)ccc12. The van der Waals surface area contributed by atoms with Gasteiger partial charge in [0.25, 0.3) is 0 Å². The van der Waals surface area contributed by atoms with Crippen LogP contribution in [-0.2, 0) is 0 Å². The maximum absolute atomic E-state index is 6.07. The van der Waals surface area contributed by atoms with Crippen LogP contribution < -0.4 is 10.2 Å². The Morgan fingerprint density at radius 2 is 1.96 bits per heavy atom. The van der Waals surface area contributed by atoms with Crippen LogP contribution in [0.25, 0.3) is 10.9 Å². The van der Waals surface area contributed by atoms with Crippen molar-refractivity contribution < 1.29 is 4.90 Å². The van der Waals surface area contributed by atoms with Gasteiger partial charge < -0.3 is 10.2 Å². The Kier molecular flexibility index (Phi) is 6.60. The molecular formula is C18H28ClN4+. The number of halogens is 1. The van der Waals surface area contributed by atoms with Crippen molar-refractivity contribution in [1.29, 1.82) is 0 Å². The van der Waals surface area contributed by atoms with Gasteiger partial charge in [0.2, 0.25) is 0 Å². The predicted octanol–water partition coefficient (Wildman–Crippen LogP) is 3.10. The highest BCUT2D eigenvalue weighted by Gasteiger charge is 2.10. The first-order valence-electron chi connectivity index (χ1n) is 8.57. The van der Waals surface area contributed by atoms with E-state index in [1.54, 1.807) is 4.90 Å². The van der Waals surface area contributed by atoms with E-state index in [0.717, 1.165) is 29.0 Å². The normalized spacial score (nSPS) is 12.8. The number of nitrogens with one attached hydrogen (secondary N) is 2. The number of hydrogen-bond acceptors (Lipinski definition) is 3. The molecule has 1 heterocycles. The number of benzene rings is 1. The molecule has 0 spiro atoms. The number of hydrogen-bond donors (Lipinski definition) is 2. The number of nitrogens with zero attached hydrogens (tertiary/aromatic N) is 2. The fourth-order valence-corrected chi connectivity index (χ4v) is 3.06. The summed E-state index contributed by atoms with van der Waals surface area (Å²) in [6.07, 6.45) is 2.36. The lowest BCUT2D eigenvalue weighted by molar-refractivity contribution is -0.896. The van der Waals surface area contributed by atoms with Crippen LogP contribution in [-0.4, -0.2) is 35.6 Å². The molecule has 0 saturated heterocycles. The fraction of sp³-hybridized carbons (Fsp3) is 0.556. The standard InChI is InChI=1S/C18H27ClN4/c1-5-23(6-2)11-7-8-13(3)20-18-16-10-9-15(19)12-17(16)21-14(4)22-18/h9-10,12-13H,5-8,11H2,1-4H3,(H,20,21,22)/p+1/t13-/m0/s1. The maximum atomic E-state index is 6.07. The maximum Gasteiger partial charge on any atom is 0.137 e. The molecule has 2 N–H and O–H groups in total. The average Bonchev–Trinajstić information content (AvgIpc) is 2.51. The Balaban J connectivity index is 2.03. The van der Waals surface area contributed by atoms with E-state index in [1.165, 1.54) is 26.1 Å². The van der Waals surface area contributed by atoms with E-state index in [1.807, 2.05) is 25.1 Å². The van der Waals surface area contributed by atoms with Crippen LogP contribution in [0.15, 0.2) is 18.2 Å². The quantitative estimate of drug-likeness (QED) is 0.779. The molecule has 0 fully saturated rings. The molecule has 1 aromatic heterocycles. The summed E-state index contributed by atoms with van der Waals surface area (Å²) in [7, 11) is 0. The smallest absolute Gasteiger partial charge is 0.137 e. The van der Waals surface area contributed by atoms with Gasteiger partial charge in [0.05, 0.1) is 25.2 Å². The molecule has 23 heavy (non-hydrogen) atoms. The number of aromatic nitrogens is 2. The number of fused-ring (bicyclic) bond motifs is 1. The predicted molar refractivity (Wildman–Crippen MR) is 98.5 cm³/mol. The van der Waals surface area contributed by atoms with Gasteiger partial charge in [0.1, 0.15) is 11.6 Å². The summed E-state index contributed by atoms with van der Waals surface area (Å²) < 4.78 is 0. The second kappa shape index (κ2) is 8.46. The fourth-order valence-electron chi connectivity index (χ4n) is 2.90. The van der Waals surface area contributed by atoms with Gasteiger partial charge in [-0.15, -0.1) is 0 Å². The van der Waals surface area contributed by atoms with Crippen LogP contribution in [0.1, 0.15) is 39.4 Å². The average molecular weight is 336 g/mol. The Labute approximate surface area is 144 Å². The summed E-state index contributed by atoms with van der Waals surface area (Å²) in [6.45, 7) is 12.3. The minimum atomic E-state index is 0.387. The topological polar surface area (TPSA) is 42.2 Å². The highest BCUT2D eigenvalue weighted by molar-refractivity contribution is 6.31. The minimum absolute atomic E-state index is 0.387. The van der Waals surface area contributed by atoms with Gasteiger partial charge in [-0.25, -0.2) is 9.97 Å². The zero-order valence-electron chi connectivity index (χ0n) is 14.6. The van der Waals surface area contributed by atoms with Crippen molar-refractivity contribution in [2.24, 2.45) is 0 Å². The van der Waals surface area contributed by atoms with Crippen molar-refractivity contribution in [2.75, 3.05) is 25.0 Å². The summed E-state index contributed by atoms with van der Waals surface area (Å²) in [5.41, 5.74) is 0.896. The summed E-state index contributed by atoms with van der Waals surface area (Å²) in [5.74, 6) is 1.67. The first kappa shape index (κ1) is 18.0.